The molecule has 1 aromatic carbocycles. The second kappa shape index (κ2) is 4.98. The topological polar surface area (TPSA) is 38.5 Å². The van der Waals surface area contributed by atoms with Crippen LogP contribution in [0.2, 0.25) is 0 Å². The lowest BCUT2D eigenvalue weighted by atomic mass is 10.1. The first-order valence-electron chi connectivity index (χ1n) is 5.49. The van der Waals surface area contributed by atoms with Crippen LogP contribution in [0.1, 0.15) is 12.0 Å². The van der Waals surface area contributed by atoms with Gasteiger partial charge in [0.1, 0.15) is 10.8 Å². The number of methoxy groups -OCH3 is 1. The fraction of sp³-hybridized carbons (Fsp3) is 0.417. The van der Waals surface area contributed by atoms with Crippen LogP contribution in [0.15, 0.2) is 18.2 Å². The summed E-state index contributed by atoms with van der Waals surface area (Å²) in [6, 6.07) is 4.54. The SMILES string of the molecule is COC1CCN(c2ccc(F)cc2C(N)=S)C1. The summed E-state index contributed by atoms with van der Waals surface area (Å²) in [6.45, 7) is 1.66. The third-order valence-electron chi connectivity index (χ3n) is 3.04. The summed E-state index contributed by atoms with van der Waals surface area (Å²) < 4.78 is 18.5. The molecule has 0 saturated carbocycles. The Balaban J connectivity index is 2.29. The average molecular weight is 254 g/mol. The van der Waals surface area contributed by atoms with Crippen LogP contribution in [0.25, 0.3) is 0 Å². The maximum absolute atomic E-state index is 13.2. The molecule has 2 rings (SSSR count). The molecule has 5 heteroatoms. The van der Waals surface area contributed by atoms with E-state index >= 15 is 0 Å². The molecule has 0 spiro atoms. The Morgan fingerprint density at radius 3 is 2.94 bits per heavy atom. The molecule has 1 aliphatic rings. The third-order valence-corrected chi connectivity index (χ3v) is 3.26. The molecule has 1 heterocycles. The first-order chi connectivity index (χ1) is 8.11. The largest absolute Gasteiger partial charge is 0.389 e. The Hall–Kier alpha value is -1.20. The van der Waals surface area contributed by atoms with E-state index in [-0.39, 0.29) is 16.9 Å². The Bertz CT molecular complexity index is 439. The molecule has 1 unspecified atom stereocenters. The van der Waals surface area contributed by atoms with Crippen LogP contribution in [0.3, 0.4) is 0 Å². The van der Waals surface area contributed by atoms with Gasteiger partial charge in [-0.2, -0.15) is 0 Å². The minimum absolute atomic E-state index is 0.222. The summed E-state index contributed by atoms with van der Waals surface area (Å²) in [5.41, 5.74) is 7.11. The zero-order chi connectivity index (χ0) is 12.4. The van der Waals surface area contributed by atoms with Gasteiger partial charge < -0.3 is 15.4 Å². The quantitative estimate of drug-likeness (QED) is 0.833. The molecule has 0 bridgehead atoms. The van der Waals surface area contributed by atoms with Crippen molar-refractivity contribution in [3.05, 3.63) is 29.6 Å². The summed E-state index contributed by atoms with van der Waals surface area (Å²) in [7, 11) is 1.70. The number of hydrogen-bond donors (Lipinski definition) is 1. The van der Waals surface area contributed by atoms with E-state index in [1.807, 2.05) is 0 Å². The second-order valence-electron chi connectivity index (χ2n) is 4.12. The number of benzene rings is 1. The Morgan fingerprint density at radius 2 is 2.35 bits per heavy atom. The lowest BCUT2D eigenvalue weighted by Gasteiger charge is -2.21. The van der Waals surface area contributed by atoms with Gasteiger partial charge in [-0.1, -0.05) is 12.2 Å². The zero-order valence-electron chi connectivity index (χ0n) is 9.65. The molecule has 2 N–H and O–H groups in total. The van der Waals surface area contributed by atoms with Gasteiger partial charge in [0.2, 0.25) is 0 Å². The smallest absolute Gasteiger partial charge is 0.124 e. The van der Waals surface area contributed by atoms with E-state index in [4.69, 9.17) is 22.7 Å². The van der Waals surface area contributed by atoms with Crippen LogP contribution >= 0.6 is 12.2 Å². The van der Waals surface area contributed by atoms with E-state index in [1.165, 1.54) is 12.1 Å². The molecule has 0 aromatic heterocycles. The normalized spacial score (nSPS) is 19.6. The predicted octanol–water partition coefficient (Wildman–Crippen LogP) is 1.69. The second-order valence-corrected chi connectivity index (χ2v) is 4.56. The molecule has 17 heavy (non-hydrogen) atoms. The van der Waals surface area contributed by atoms with Crippen molar-refractivity contribution in [3.8, 4) is 0 Å². The monoisotopic (exact) mass is 254 g/mol. The molecule has 3 nitrogen and oxygen atoms in total. The van der Waals surface area contributed by atoms with Gasteiger partial charge in [0, 0.05) is 31.5 Å². The van der Waals surface area contributed by atoms with E-state index in [0.717, 1.165) is 25.2 Å². The molecule has 1 fully saturated rings. The summed E-state index contributed by atoms with van der Waals surface area (Å²) >= 11 is 4.96. The van der Waals surface area contributed by atoms with Gasteiger partial charge in [-0.15, -0.1) is 0 Å². The minimum Gasteiger partial charge on any atom is -0.389 e. The first-order valence-corrected chi connectivity index (χ1v) is 5.89. The van der Waals surface area contributed by atoms with Gasteiger partial charge in [-0.05, 0) is 24.6 Å². The van der Waals surface area contributed by atoms with E-state index in [9.17, 15) is 4.39 Å². The van der Waals surface area contributed by atoms with E-state index in [1.54, 1.807) is 13.2 Å². The molecule has 1 aromatic rings. The number of nitrogens with two attached hydrogens (primary N) is 1. The molecular weight excluding hydrogens is 239 g/mol. The number of nitrogens with zero attached hydrogens (tertiary/aromatic N) is 1. The summed E-state index contributed by atoms with van der Waals surface area (Å²) in [5, 5.41) is 0. The molecule has 0 radical (unpaired) electrons. The fourth-order valence-electron chi connectivity index (χ4n) is 2.12. The van der Waals surface area contributed by atoms with Crippen molar-refractivity contribution in [3.63, 3.8) is 0 Å². The van der Waals surface area contributed by atoms with Crippen LogP contribution in [0.5, 0.6) is 0 Å². The standard InChI is InChI=1S/C12H15FN2OS/c1-16-9-4-5-15(7-9)11-3-2-8(13)6-10(11)12(14)17/h2-3,6,9H,4-5,7H2,1H3,(H2,14,17). The number of thiocarbonyl (C=S) groups is 1. The van der Waals surface area contributed by atoms with E-state index in [0.29, 0.717) is 5.56 Å². The molecule has 1 saturated heterocycles. The fourth-order valence-corrected chi connectivity index (χ4v) is 2.28. The van der Waals surface area contributed by atoms with Crippen molar-refractivity contribution in [2.75, 3.05) is 25.1 Å². The number of hydrogen-bond acceptors (Lipinski definition) is 3. The average Bonchev–Trinajstić information content (AvgIpc) is 2.77. The summed E-state index contributed by atoms with van der Waals surface area (Å²) in [6.07, 6.45) is 1.18. The van der Waals surface area contributed by atoms with Gasteiger partial charge in [-0.25, -0.2) is 4.39 Å². The van der Waals surface area contributed by atoms with Crippen molar-refractivity contribution >= 4 is 22.9 Å². The highest BCUT2D eigenvalue weighted by molar-refractivity contribution is 7.80. The number of ether oxygens (including phenoxy) is 1. The van der Waals surface area contributed by atoms with Gasteiger partial charge in [0.15, 0.2) is 0 Å². The third kappa shape index (κ3) is 2.56. The molecule has 92 valence electrons. The minimum atomic E-state index is -0.320. The van der Waals surface area contributed by atoms with Crippen molar-refractivity contribution in [2.45, 2.75) is 12.5 Å². The molecule has 1 atom stereocenters. The Kier molecular flexibility index (Phi) is 3.59. The Labute approximate surface area is 105 Å². The summed E-state index contributed by atoms with van der Waals surface area (Å²) in [5.74, 6) is -0.320. The van der Waals surface area contributed by atoms with Gasteiger partial charge in [0.05, 0.1) is 6.10 Å². The Morgan fingerprint density at radius 1 is 1.59 bits per heavy atom. The highest BCUT2D eigenvalue weighted by atomic mass is 32.1. The van der Waals surface area contributed by atoms with E-state index in [2.05, 4.69) is 4.90 Å². The zero-order valence-corrected chi connectivity index (χ0v) is 10.5. The van der Waals surface area contributed by atoms with E-state index < -0.39 is 0 Å². The molecule has 1 aliphatic heterocycles. The summed E-state index contributed by atoms with van der Waals surface area (Å²) in [4.78, 5) is 2.35. The van der Waals surface area contributed by atoms with Crippen LogP contribution in [0.4, 0.5) is 10.1 Å². The van der Waals surface area contributed by atoms with Crippen LogP contribution in [0, 0.1) is 5.82 Å². The number of rotatable bonds is 3. The highest BCUT2D eigenvalue weighted by Gasteiger charge is 2.24. The lowest BCUT2D eigenvalue weighted by Crippen LogP contribution is -2.25. The van der Waals surface area contributed by atoms with Crippen LogP contribution < -0.4 is 10.6 Å². The van der Waals surface area contributed by atoms with Crippen molar-refractivity contribution in [1.82, 2.24) is 0 Å². The number of halogens is 1. The molecule has 0 aliphatic carbocycles. The maximum Gasteiger partial charge on any atom is 0.124 e. The maximum atomic E-state index is 13.2. The van der Waals surface area contributed by atoms with Gasteiger partial charge >= 0.3 is 0 Å². The molecular formula is C12H15FN2OS. The van der Waals surface area contributed by atoms with Crippen LogP contribution in [-0.4, -0.2) is 31.3 Å². The van der Waals surface area contributed by atoms with Crippen molar-refractivity contribution in [1.29, 1.82) is 0 Å². The van der Waals surface area contributed by atoms with Gasteiger partial charge in [0.25, 0.3) is 0 Å². The first kappa shape index (κ1) is 12.3. The highest BCUT2D eigenvalue weighted by Crippen LogP contribution is 2.26. The molecule has 0 amide bonds. The lowest BCUT2D eigenvalue weighted by molar-refractivity contribution is 0.121. The van der Waals surface area contributed by atoms with Crippen molar-refractivity contribution in [2.24, 2.45) is 5.73 Å². The predicted molar refractivity (Wildman–Crippen MR) is 69.9 cm³/mol. The number of anilines is 1. The van der Waals surface area contributed by atoms with Crippen LogP contribution in [-0.2, 0) is 4.74 Å². The van der Waals surface area contributed by atoms with Crippen molar-refractivity contribution < 1.29 is 9.13 Å². The van der Waals surface area contributed by atoms with Gasteiger partial charge in [-0.3, -0.25) is 0 Å².